The van der Waals surface area contributed by atoms with Gasteiger partial charge in [-0.05, 0) is 59.9 Å². The van der Waals surface area contributed by atoms with E-state index in [0.29, 0.717) is 24.8 Å². The lowest BCUT2D eigenvalue weighted by Crippen LogP contribution is -2.67. The fourth-order valence-corrected chi connectivity index (χ4v) is 5.29. The summed E-state index contributed by atoms with van der Waals surface area (Å²) in [7, 11) is 1.20. The maximum absolute atomic E-state index is 14.1. The molecule has 0 spiro atoms. The van der Waals surface area contributed by atoms with Gasteiger partial charge in [-0.2, -0.15) is 0 Å². The molecule has 1 heterocycles. The van der Waals surface area contributed by atoms with Crippen molar-refractivity contribution in [1.82, 2.24) is 15.5 Å². The number of nitrogens with one attached hydrogen (secondary N) is 2. The number of nitrogens with zero attached hydrogens (tertiary/aromatic N) is 1. The predicted octanol–water partition coefficient (Wildman–Crippen LogP) is 2.31. The lowest BCUT2D eigenvalue weighted by Gasteiger charge is -2.44. The Balaban J connectivity index is 1.72. The fraction of sp³-hybridized carbons (Fsp3) is 0.429. The van der Waals surface area contributed by atoms with E-state index in [-0.39, 0.29) is 23.7 Å². The van der Waals surface area contributed by atoms with Crippen LogP contribution in [0.15, 0.2) is 48.5 Å². The summed E-state index contributed by atoms with van der Waals surface area (Å²) in [5.74, 6) is -2.63. The molecule has 2 aromatic rings. The molecule has 0 radical (unpaired) electrons. The molecule has 1 aliphatic heterocycles. The summed E-state index contributed by atoms with van der Waals surface area (Å²) in [4.78, 5) is 54.2. The first-order valence-corrected chi connectivity index (χ1v) is 12.5. The number of benzene rings is 2. The van der Waals surface area contributed by atoms with Crippen LogP contribution in [0.1, 0.15) is 43.0 Å². The molecule has 2 aromatic carbocycles. The van der Waals surface area contributed by atoms with Crippen LogP contribution in [0.3, 0.4) is 0 Å². The summed E-state index contributed by atoms with van der Waals surface area (Å²) in [6.45, 7) is 3.46. The number of halogens is 1. The van der Waals surface area contributed by atoms with Gasteiger partial charge in [-0.3, -0.25) is 19.2 Å². The van der Waals surface area contributed by atoms with E-state index in [0.717, 1.165) is 11.1 Å². The van der Waals surface area contributed by atoms with E-state index in [1.807, 2.05) is 38.1 Å². The van der Waals surface area contributed by atoms with Gasteiger partial charge in [0, 0.05) is 0 Å². The van der Waals surface area contributed by atoms with E-state index in [4.69, 9.17) is 0 Å². The van der Waals surface area contributed by atoms with Gasteiger partial charge in [0.25, 0.3) is 0 Å². The summed E-state index contributed by atoms with van der Waals surface area (Å²) in [6.07, 6.45) is 1.59. The van der Waals surface area contributed by atoms with Crippen molar-refractivity contribution < 1.29 is 28.3 Å². The monoisotopic (exact) mass is 509 g/mol. The van der Waals surface area contributed by atoms with Gasteiger partial charge in [0.2, 0.25) is 17.7 Å². The minimum Gasteiger partial charge on any atom is -0.468 e. The normalized spacial score (nSPS) is 20.4. The van der Waals surface area contributed by atoms with Crippen molar-refractivity contribution in [2.45, 2.75) is 51.2 Å². The number of piperazine rings is 1. The topological polar surface area (TPSA) is 105 Å². The number of esters is 1. The standard InChI is InChI=1S/C28H32FN3O5/c1-16(2)12-22-26(34)31-24(20-13-18-6-4-5-7-19(18)14-20)28(36)32(22)25(17-8-10-21(29)11-9-17)27(35)30-15-23(33)37-3/h4-11,16,20,22,24-25H,12-15H2,1-3H3,(H,30,35)(H,31,34)/t22-,24?,25-/m1/s1. The number of carbonyl (C=O) groups excluding carboxylic acids is 4. The summed E-state index contributed by atoms with van der Waals surface area (Å²) in [5.41, 5.74) is 2.61. The molecule has 1 aliphatic carbocycles. The van der Waals surface area contributed by atoms with Crippen LogP contribution in [0, 0.1) is 17.7 Å². The van der Waals surface area contributed by atoms with Crippen molar-refractivity contribution >= 4 is 23.7 Å². The van der Waals surface area contributed by atoms with E-state index in [2.05, 4.69) is 15.4 Å². The van der Waals surface area contributed by atoms with Gasteiger partial charge in [0.1, 0.15) is 30.5 Å². The zero-order valence-electron chi connectivity index (χ0n) is 21.2. The van der Waals surface area contributed by atoms with Crippen LogP contribution in [0.4, 0.5) is 4.39 Å². The Labute approximate surface area is 215 Å². The molecular formula is C28H32FN3O5. The minimum absolute atomic E-state index is 0.0466. The van der Waals surface area contributed by atoms with Crippen LogP contribution in [0.25, 0.3) is 0 Å². The molecule has 196 valence electrons. The molecule has 1 saturated heterocycles. The second-order valence-corrected chi connectivity index (χ2v) is 10.1. The van der Waals surface area contributed by atoms with Gasteiger partial charge in [0.15, 0.2) is 0 Å². The highest BCUT2D eigenvalue weighted by Gasteiger charge is 2.49. The molecule has 3 amide bonds. The van der Waals surface area contributed by atoms with Crippen molar-refractivity contribution in [2.24, 2.45) is 11.8 Å². The third-order valence-electron chi connectivity index (χ3n) is 7.05. The number of methoxy groups -OCH3 is 1. The maximum atomic E-state index is 14.1. The van der Waals surface area contributed by atoms with E-state index in [1.54, 1.807) is 0 Å². The van der Waals surface area contributed by atoms with Gasteiger partial charge < -0.3 is 20.3 Å². The fourth-order valence-electron chi connectivity index (χ4n) is 5.29. The summed E-state index contributed by atoms with van der Waals surface area (Å²) in [5, 5.41) is 5.46. The van der Waals surface area contributed by atoms with E-state index < -0.39 is 42.4 Å². The van der Waals surface area contributed by atoms with Crippen LogP contribution in [-0.2, 0) is 36.8 Å². The molecule has 0 saturated carbocycles. The molecule has 3 atom stereocenters. The first-order chi connectivity index (χ1) is 17.7. The largest absolute Gasteiger partial charge is 0.468 e. The molecular weight excluding hydrogens is 477 g/mol. The molecule has 8 nitrogen and oxygen atoms in total. The smallest absolute Gasteiger partial charge is 0.325 e. The van der Waals surface area contributed by atoms with Gasteiger partial charge >= 0.3 is 5.97 Å². The molecule has 37 heavy (non-hydrogen) atoms. The molecule has 0 bridgehead atoms. The Morgan fingerprint density at radius 3 is 2.27 bits per heavy atom. The number of fused-ring (bicyclic) bond motifs is 1. The molecule has 2 aliphatic rings. The average Bonchev–Trinajstić information content (AvgIpc) is 3.31. The van der Waals surface area contributed by atoms with Gasteiger partial charge in [-0.1, -0.05) is 50.2 Å². The number of hydrogen-bond acceptors (Lipinski definition) is 5. The Kier molecular flexibility index (Phi) is 7.90. The number of carbonyl (C=O) groups is 4. The van der Waals surface area contributed by atoms with E-state index in [9.17, 15) is 23.6 Å². The van der Waals surface area contributed by atoms with Gasteiger partial charge in [-0.25, -0.2) is 4.39 Å². The second-order valence-electron chi connectivity index (χ2n) is 10.1. The van der Waals surface area contributed by atoms with Crippen LogP contribution >= 0.6 is 0 Å². The van der Waals surface area contributed by atoms with Crippen molar-refractivity contribution in [2.75, 3.05) is 13.7 Å². The van der Waals surface area contributed by atoms with Gasteiger partial charge in [-0.15, -0.1) is 0 Å². The predicted molar refractivity (Wildman–Crippen MR) is 134 cm³/mol. The quantitative estimate of drug-likeness (QED) is 0.532. The average molecular weight is 510 g/mol. The Bertz CT molecular complexity index is 1160. The van der Waals surface area contributed by atoms with Crippen LogP contribution in [0.2, 0.25) is 0 Å². The maximum Gasteiger partial charge on any atom is 0.325 e. The third kappa shape index (κ3) is 5.65. The Morgan fingerprint density at radius 1 is 1.08 bits per heavy atom. The zero-order valence-corrected chi connectivity index (χ0v) is 21.2. The van der Waals surface area contributed by atoms with Crippen molar-refractivity contribution in [3.63, 3.8) is 0 Å². The number of ether oxygens (including phenoxy) is 1. The highest BCUT2D eigenvalue weighted by atomic mass is 19.1. The highest BCUT2D eigenvalue weighted by molar-refractivity contribution is 6.00. The van der Waals surface area contributed by atoms with Gasteiger partial charge in [0.05, 0.1) is 7.11 Å². The zero-order chi connectivity index (χ0) is 26.7. The molecule has 2 N–H and O–H groups in total. The van der Waals surface area contributed by atoms with Crippen LogP contribution in [0.5, 0.6) is 0 Å². The summed E-state index contributed by atoms with van der Waals surface area (Å²) < 4.78 is 18.4. The first kappa shape index (κ1) is 26.3. The Hall–Kier alpha value is -3.75. The molecule has 9 heteroatoms. The minimum atomic E-state index is -1.24. The lowest BCUT2D eigenvalue weighted by atomic mass is 9.88. The number of amides is 3. The lowest BCUT2D eigenvalue weighted by molar-refractivity contribution is -0.158. The molecule has 1 unspecified atom stereocenters. The van der Waals surface area contributed by atoms with E-state index >= 15 is 0 Å². The highest BCUT2D eigenvalue weighted by Crippen LogP contribution is 2.35. The SMILES string of the molecule is COC(=O)CNC(=O)[C@@H](c1ccc(F)cc1)N1C(=O)C(C2Cc3ccccc3C2)NC(=O)[C@H]1CC(C)C. The third-order valence-corrected chi connectivity index (χ3v) is 7.05. The van der Waals surface area contributed by atoms with Crippen LogP contribution in [-0.4, -0.2) is 54.3 Å². The number of rotatable bonds is 8. The van der Waals surface area contributed by atoms with Crippen molar-refractivity contribution in [3.05, 3.63) is 71.0 Å². The summed E-state index contributed by atoms with van der Waals surface area (Å²) in [6, 6.07) is 10.2. The Morgan fingerprint density at radius 2 is 1.70 bits per heavy atom. The van der Waals surface area contributed by atoms with Crippen LogP contribution < -0.4 is 10.6 Å². The molecule has 0 aromatic heterocycles. The molecule has 1 fully saturated rings. The summed E-state index contributed by atoms with van der Waals surface area (Å²) >= 11 is 0. The second kappa shape index (κ2) is 11.1. The number of hydrogen-bond donors (Lipinski definition) is 2. The van der Waals surface area contributed by atoms with E-state index in [1.165, 1.54) is 36.3 Å². The van der Waals surface area contributed by atoms with Crippen molar-refractivity contribution in [3.8, 4) is 0 Å². The first-order valence-electron chi connectivity index (χ1n) is 12.5. The van der Waals surface area contributed by atoms with Crippen molar-refractivity contribution in [1.29, 1.82) is 0 Å². The molecule has 4 rings (SSSR count).